The number of allylic oxidation sites excluding steroid dienone is 8. The maximum absolute atomic E-state index is 6.10. The van der Waals surface area contributed by atoms with Gasteiger partial charge in [0.05, 0.1) is 6.04 Å². The van der Waals surface area contributed by atoms with Gasteiger partial charge in [-0.15, -0.1) is 11.3 Å². The van der Waals surface area contributed by atoms with Crippen LogP contribution in [0.1, 0.15) is 84.6 Å². The number of amidine groups is 1. The number of rotatable bonds is 8. The van der Waals surface area contributed by atoms with E-state index in [9.17, 15) is 0 Å². The number of piperidine rings is 1. The summed E-state index contributed by atoms with van der Waals surface area (Å²) in [5.74, 6) is 0.711. The summed E-state index contributed by atoms with van der Waals surface area (Å²) in [7, 11) is 0. The Balaban J connectivity index is 0.000000602. The van der Waals surface area contributed by atoms with E-state index >= 15 is 0 Å². The van der Waals surface area contributed by atoms with Crippen LogP contribution >= 0.6 is 11.3 Å². The molecule has 0 amide bonds. The number of nitrogens with zero attached hydrogens (tertiary/aromatic N) is 1. The van der Waals surface area contributed by atoms with Crippen molar-refractivity contribution in [3.8, 4) is 0 Å². The quantitative estimate of drug-likeness (QED) is 0.240. The van der Waals surface area contributed by atoms with Gasteiger partial charge in [0, 0.05) is 22.4 Å². The molecule has 0 aliphatic carbocycles. The van der Waals surface area contributed by atoms with Crippen LogP contribution in [0.5, 0.6) is 0 Å². The fourth-order valence-corrected chi connectivity index (χ4v) is 4.11. The molecule has 3 N–H and O–H groups in total. The normalized spacial score (nSPS) is 17.7. The van der Waals surface area contributed by atoms with E-state index in [0.29, 0.717) is 11.9 Å². The van der Waals surface area contributed by atoms with Crippen molar-refractivity contribution in [3.05, 3.63) is 69.5 Å². The second-order valence-corrected chi connectivity index (χ2v) is 8.54. The Morgan fingerprint density at radius 2 is 2.00 bits per heavy atom. The Labute approximate surface area is 202 Å². The van der Waals surface area contributed by atoms with E-state index in [1.54, 1.807) is 11.3 Å². The topological polar surface area (TPSA) is 50.4 Å². The third-order valence-electron chi connectivity index (χ3n) is 4.97. The molecule has 1 aliphatic rings. The Bertz CT molecular complexity index is 744. The van der Waals surface area contributed by atoms with Crippen LogP contribution < -0.4 is 11.1 Å². The van der Waals surface area contributed by atoms with Crippen LogP contribution in [0.3, 0.4) is 0 Å². The average Bonchev–Trinajstić information content (AvgIpc) is 3.31. The average molecular weight is 458 g/mol. The molecular weight excluding hydrogens is 410 g/mol. The van der Waals surface area contributed by atoms with Crippen molar-refractivity contribution >= 4 is 17.2 Å². The van der Waals surface area contributed by atoms with Crippen molar-refractivity contribution in [2.75, 3.05) is 13.1 Å². The number of nitrogens with two attached hydrogens (primary N) is 1. The molecule has 1 aliphatic heterocycles. The molecule has 1 fully saturated rings. The third-order valence-corrected chi connectivity index (χ3v) is 5.97. The molecule has 1 aromatic heterocycles. The van der Waals surface area contributed by atoms with Crippen LogP contribution in [0.2, 0.25) is 0 Å². The molecule has 1 saturated heterocycles. The summed E-state index contributed by atoms with van der Waals surface area (Å²) in [5, 5.41) is 5.50. The molecule has 32 heavy (non-hydrogen) atoms. The Morgan fingerprint density at radius 1 is 1.25 bits per heavy atom. The van der Waals surface area contributed by atoms with Crippen LogP contribution in [0.15, 0.2) is 64.0 Å². The lowest BCUT2D eigenvalue weighted by atomic mass is 10.1. The lowest BCUT2D eigenvalue weighted by molar-refractivity contribution is 0.461. The minimum atomic E-state index is 0.359. The first-order valence-corrected chi connectivity index (χ1v) is 13.1. The van der Waals surface area contributed by atoms with E-state index < -0.39 is 0 Å². The van der Waals surface area contributed by atoms with Crippen molar-refractivity contribution in [1.29, 1.82) is 0 Å². The lowest BCUT2D eigenvalue weighted by Gasteiger charge is -2.19. The second-order valence-electron chi connectivity index (χ2n) is 7.54. The first kappa shape index (κ1) is 30.1. The van der Waals surface area contributed by atoms with Crippen molar-refractivity contribution in [2.24, 2.45) is 10.7 Å². The van der Waals surface area contributed by atoms with Gasteiger partial charge in [-0.2, -0.15) is 0 Å². The number of aliphatic imine (C=N–C) groups is 1. The van der Waals surface area contributed by atoms with Gasteiger partial charge in [-0.25, -0.2) is 0 Å². The lowest BCUT2D eigenvalue weighted by Crippen LogP contribution is -2.34. The third kappa shape index (κ3) is 12.8. The number of nitrogens with one attached hydrogen (secondary N) is 1. The minimum Gasteiger partial charge on any atom is -0.383 e. The van der Waals surface area contributed by atoms with Crippen LogP contribution in [0.4, 0.5) is 0 Å². The van der Waals surface area contributed by atoms with Gasteiger partial charge in [0.2, 0.25) is 0 Å². The molecule has 0 aromatic carbocycles. The Kier molecular flexibility index (Phi) is 18.6. The van der Waals surface area contributed by atoms with Crippen LogP contribution in [0.25, 0.3) is 0 Å². The molecule has 3 nitrogen and oxygen atoms in total. The highest BCUT2D eigenvalue weighted by Gasteiger charge is 2.12. The highest BCUT2D eigenvalue weighted by atomic mass is 32.1. The largest absolute Gasteiger partial charge is 0.383 e. The van der Waals surface area contributed by atoms with E-state index in [0.717, 1.165) is 25.1 Å². The fourth-order valence-electron chi connectivity index (χ4n) is 3.18. The molecule has 2 rings (SSSR count). The molecule has 4 heteroatoms. The summed E-state index contributed by atoms with van der Waals surface area (Å²) >= 11 is 1.80. The summed E-state index contributed by atoms with van der Waals surface area (Å²) < 4.78 is 0. The van der Waals surface area contributed by atoms with Gasteiger partial charge in [-0.05, 0) is 77.1 Å². The molecule has 0 spiro atoms. The van der Waals surface area contributed by atoms with Gasteiger partial charge in [0.1, 0.15) is 5.84 Å². The van der Waals surface area contributed by atoms with Gasteiger partial charge >= 0.3 is 0 Å². The number of unbranched alkanes of at least 4 members (excludes halogenated alkanes) is 1. The van der Waals surface area contributed by atoms with E-state index in [4.69, 9.17) is 5.73 Å². The van der Waals surface area contributed by atoms with Crippen molar-refractivity contribution in [2.45, 2.75) is 86.6 Å². The molecule has 0 saturated carbocycles. The molecule has 180 valence electrons. The summed E-state index contributed by atoms with van der Waals surface area (Å²) in [4.78, 5) is 6.06. The smallest absolute Gasteiger partial charge is 0.126 e. The van der Waals surface area contributed by atoms with Crippen molar-refractivity contribution in [1.82, 2.24) is 5.32 Å². The molecule has 0 bridgehead atoms. The summed E-state index contributed by atoms with van der Waals surface area (Å²) in [5.41, 5.74) is 9.79. The predicted molar refractivity (Wildman–Crippen MR) is 148 cm³/mol. The maximum atomic E-state index is 6.10. The fraction of sp³-hybridized carbons (Fsp3) is 0.536. The zero-order chi connectivity index (χ0) is 24.2. The Hall–Kier alpha value is -1.91. The number of hydrogen-bond acceptors (Lipinski definition) is 3. The molecule has 2 heterocycles. The number of aryl methyl sites for hydroxylation is 1. The van der Waals surface area contributed by atoms with E-state index in [-0.39, 0.29) is 0 Å². The number of thiophene rings is 1. The predicted octanol–water partition coefficient (Wildman–Crippen LogP) is 7.61. The standard InChI is InChI=1S/C14H23N3S.C12H18.C2H6/c1-2-3-6-13-8-11(10-18-13)14(15)17-12-5-4-7-16-9-12;1-5-8-10-11(4)12(7-3)9-6-2;1-2/h8,10,12,16H,2-7,9H2,1H3,(H2,15,17);5-10H,1-4H3;1-2H3/b;8-5+,9-6-,11-10-,12-7-;. The van der Waals surface area contributed by atoms with Gasteiger partial charge in [-0.1, -0.05) is 63.6 Å². The molecule has 1 atom stereocenters. The van der Waals surface area contributed by atoms with Crippen LogP contribution in [0, 0.1) is 0 Å². The molecule has 0 radical (unpaired) electrons. The highest BCUT2D eigenvalue weighted by molar-refractivity contribution is 7.10. The van der Waals surface area contributed by atoms with Crippen LogP contribution in [-0.2, 0) is 6.42 Å². The van der Waals surface area contributed by atoms with Gasteiger partial charge in [0.25, 0.3) is 0 Å². The van der Waals surface area contributed by atoms with Crippen molar-refractivity contribution in [3.63, 3.8) is 0 Å². The zero-order valence-corrected chi connectivity index (χ0v) is 22.4. The summed E-state index contributed by atoms with van der Waals surface area (Å²) in [6.45, 7) is 16.5. The first-order chi connectivity index (χ1) is 15.5. The van der Waals surface area contributed by atoms with Gasteiger partial charge in [-0.3, -0.25) is 4.99 Å². The minimum absolute atomic E-state index is 0.359. The second kappa shape index (κ2) is 19.8. The highest BCUT2D eigenvalue weighted by Crippen LogP contribution is 2.18. The van der Waals surface area contributed by atoms with E-state index in [2.05, 4.69) is 72.9 Å². The molecular formula is C28H47N3S. The first-order valence-electron chi connectivity index (χ1n) is 12.3. The van der Waals surface area contributed by atoms with Crippen LogP contribution in [-0.4, -0.2) is 25.0 Å². The summed E-state index contributed by atoms with van der Waals surface area (Å²) in [6, 6.07) is 2.56. The maximum Gasteiger partial charge on any atom is 0.126 e. The number of hydrogen-bond donors (Lipinski definition) is 2. The summed E-state index contributed by atoms with van der Waals surface area (Å²) in [6.07, 6.45) is 18.5. The SMILES string of the molecule is CC.CCCCc1cc(C(N)=NC2CCCNC2)cs1.C\C=C/C(=C/C)C(/C)=C\C=C\C. The van der Waals surface area contributed by atoms with Gasteiger partial charge < -0.3 is 11.1 Å². The Morgan fingerprint density at radius 3 is 2.56 bits per heavy atom. The zero-order valence-electron chi connectivity index (χ0n) is 21.6. The van der Waals surface area contributed by atoms with Crippen molar-refractivity contribution < 1.29 is 0 Å². The van der Waals surface area contributed by atoms with Gasteiger partial charge in [0.15, 0.2) is 0 Å². The molecule has 1 aromatic rings. The monoisotopic (exact) mass is 457 g/mol. The van der Waals surface area contributed by atoms with E-state index in [1.807, 2.05) is 33.8 Å². The van der Waals surface area contributed by atoms with E-state index in [1.165, 1.54) is 41.7 Å². The molecule has 1 unspecified atom stereocenters.